The minimum Gasteiger partial charge on any atom is -0.378 e. The third-order valence-corrected chi connectivity index (χ3v) is 4.10. The number of rotatable bonds is 3. The van der Waals surface area contributed by atoms with E-state index in [0.29, 0.717) is 24.6 Å². The molecule has 1 aromatic carbocycles. The Labute approximate surface area is 142 Å². The number of morpholine rings is 1. The molecular formula is C16H16IN3O2. The predicted molar refractivity (Wildman–Crippen MR) is 94.4 cm³/mol. The molecule has 0 radical (unpaired) electrons. The molecule has 0 bridgehead atoms. The zero-order valence-corrected chi connectivity index (χ0v) is 14.1. The van der Waals surface area contributed by atoms with E-state index in [-0.39, 0.29) is 5.91 Å². The number of carbonyl (C=O) groups is 1. The summed E-state index contributed by atoms with van der Waals surface area (Å²) in [5, 5.41) is 2.94. The van der Waals surface area contributed by atoms with E-state index in [1.54, 1.807) is 18.3 Å². The molecule has 3 rings (SSSR count). The molecule has 0 spiro atoms. The maximum absolute atomic E-state index is 12.6. The summed E-state index contributed by atoms with van der Waals surface area (Å²) in [6.45, 7) is 2.82. The number of ether oxygens (including phenoxy) is 1. The molecule has 1 N–H and O–H groups in total. The van der Waals surface area contributed by atoms with Crippen LogP contribution in [-0.4, -0.2) is 37.2 Å². The fraction of sp³-hybridized carbons (Fsp3) is 0.250. The fourth-order valence-corrected chi connectivity index (χ4v) is 2.91. The standard InChI is InChI=1S/C16H16IN3O2/c17-12-3-1-4-13(11-12)19-16(21)14-5-2-6-18-15(14)20-7-9-22-10-8-20/h1-6,11H,7-10H2,(H,19,21). The van der Waals surface area contributed by atoms with E-state index in [0.717, 1.165) is 22.3 Å². The third kappa shape index (κ3) is 3.56. The average Bonchev–Trinajstić information content (AvgIpc) is 2.56. The van der Waals surface area contributed by atoms with Crippen molar-refractivity contribution >= 4 is 40.0 Å². The van der Waals surface area contributed by atoms with Crippen molar-refractivity contribution < 1.29 is 9.53 Å². The number of halogens is 1. The van der Waals surface area contributed by atoms with Crippen LogP contribution in [0.25, 0.3) is 0 Å². The van der Waals surface area contributed by atoms with Crippen molar-refractivity contribution in [2.75, 3.05) is 36.5 Å². The highest BCUT2D eigenvalue weighted by atomic mass is 127. The number of hydrogen-bond acceptors (Lipinski definition) is 4. The highest BCUT2D eigenvalue weighted by Gasteiger charge is 2.19. The first kappa shape index (κ1) is 15.2. The summed E-state index contributed by atoms with van der Waals surface area (Å²) < 4.78 is 6.44. The molecule has 1 amide bonds. The smallest absolute Gasteiger partial charge is 0.259 e. The predicted octanol–water partition coefficient (Wildman–Crippen LogP) is 2.78. The molecule has 6 heteroatoms. The Balaban J connectivity index is 1.83. The SMILES string of the molecule is O=C(Nc1cccc(I)c1)c1cccnc1N1CCOCC1. The van der Waals surface area contributed by atoms with Gasteiger partial charge in [0.1, 0.15) is 5.82 Å². The molecule has 1 aromatic heterocycles. The highest BCUT2D eigenvalue weighted by molar-refractivity contribution is 14.1. The van der Waals surface area contributed by atoms with E-state index in [4.69, 9.17) is 4.74 Å². The normalized spacial score (nSPS) is 14.7. The average molecular weight is 409 g/mol. The van der Waals surface area contributed by atoms with Crippen LogP contribution in [0.15, 0.2) is 42.6 Å². The van der Waals surface area contributed by atoms with Crippen LogP contribution in [0.2, 0.25) is 0 Å². The molecule has 1 fully saturated rings. The van der Waals surface area contributed by atoms with Gasteiger partial charge in [-0.25, -0.2) is 4.98 Å². The Kier molecular flexibility index (Phi) is 4.89. The van der Waals surface area contributed by atoms with Gasteiger partial charge in [0.2, 0.25) is 0 Å². The second-order valence-electron chi connectivity index (χ2n) is 4.94. The van der Waals surface area contributed by atoms with Gasteiger partial charge in [-0.1, -0.05) is 6.07 Å². The lowest BCUT2D eigenvalue weighted by molar-refractivity contribution is 0.102. The topological polar surface area (TPSA) is 54.5 Å². The molecule has 1 aliphatic heterocycles. The van der Waals surface area contributed by atoms with E-state index in [2.05, 4.69) is 37.8 Å². The summed E-state index contributed by atoms with van der Waals surface area (Å²) in [6.07, 6.45) is 1.72. The lowest BCUT2D eigenvalue weighted by Crippen LogP contribution is -2.38. The van der Waals surface area contributed by atoms with Gasteiger partial charge in [-0.05, 0) is 52.9 Å². The van der Waals surface area contributed by atoms with Gasteiger partial charge in [-0.2, -0.15) is 0 Å². The number of aromatic nitrogens is 1. The van der Waals surface area contributed by atoms with Crippen LogP contribution in [0.4, 0.5) is 11.5 Å². The number of carbonyl (C=O) groups excluding carboxylic acids is 1. The van der Waals surface area contributed by atoms with Crippen molar-refractivity contribution in [3.63, 3.8) is 0 Å². The zero-order chi connectivity index (χ0) is 15.4. The van der Waals surface area contributed by atoms with Gasteiger partial charge in [-0.3, -0.25) is 4.79 Å². The Bertz CT molecular complexity index is 672. The van der Waals surface area contributed by atoms with E-state index in [9.17, 15) is 4.79 Å². The first-order valence-corrected chi connectivity index (χ1v) is 8.16. The van der Waals surface area contributed by atoms with Crippen LogP contribution in [0.5, 0.6) is 0 Å². The van der Waals surface area contributed by atoms with Crippen LogP contribution in [0.3, 0.4) is 0 Å². The zero-order valence-electron chi connectivity index (χ0n) is 12.0. The maximum atomic E-state index is 12.6. The van der Waals surface area contributed by atoms with Crippen LogP contribution in [0, 0.1) is 3.57 Å². The van der Waals surface area contributed by atoms with Gasteiger partial charge < -0.3 is 15.0 Å². The maximum Gasteiger partial charge on any atom is 0.259 e. The van der Waals surface area contributed by atoms with Crippen LogP contribution < -0.4 is 10.2 Å². The van der Waals surface area contributed by atoms with Gasteiger partial charge in [-0.15, -0.1) is 0 Å². The van der Waals surface area contributed by atoms with Gasteiger partial charge in [0.15, 0.2) is 0 Å². The summed E-state index contributed by atoms with van der Waals surface area (Å²) in [4.78, 5) is 19.1. The quantitative estimate of drug-likeness (QED) is 0.793. The van der Waals surface area contributed by atoms with Crippen molar-refractivity contribution in [1.82, 2.24) is 4.98 Å². The number of pyridine rings is 1. The number of hydrogen-bond donors (Lipinski definition) is 1. The second kappa shape index (κ2) is 7.06. The molecule has 0 atom stereocenters. The first-order valence-electron chi connectivity index (χ1n) is 7.09. The lowest BCUT2D eigenvalue weighted by atomic mass is 10.2. The molecule has 2 aromatic rings. The second-order valence-corrected chi connectivity index (χ2v) is 6.18. The minimum atomic E-state index is -0.142. The van der Waals surface area contributed by atoms with E-state index < -0.39 is 0 Å². The van der Waals surface area contributed by atoms with Gasteiger partial charge >= 0.3 is 0 Å². The summed E-state index contributed by atoms with van der Waals surface area (Å²) >= 11 is 2.22. The van der Waals surface area contributed by atoms with Crippen LogP contribution >= 0.6 is 22.6 Å². The molecule has 1 aliphatic rings. The molecule has 1 saturated heterocycles. The van der Waals surface area contributed by atoms with Gasteiger partial charge in [0.25, 0.3) is 5.91 Å². The first-order chi connectivity index (χ1) is 10.7. The summed E-state index contributed by atoms with van der Waals surface area (Å²) in [5.41, 5.74) is 1.37. The van der Waals surface area contributed by atoms with Crippen LogP contribution in [-0.2, 0) is 4.74 Å². The molecule has 0 aliphatic carbocycles. The van der Waals surface area contributed by atoms with E-state index in [1.807, 2.05) is 24.3 Å². The Morgan fingerprint density at radius 3 is 2.82 bits per heavy atom. The Hall–Kier alpha value is -1.67. The molecule has 5 nitrogen and oxygen atoms in total. The van der Waals surface area contributed by atoms with Crippen molar-refractivity contribution in [2.45, 2.75) is 0 Å². The van der Waals surface area contributed by atoms with Crippen molar-refractivity contribution in [3.05, 3.63) is 51.7 Å². The number of anilines is 2. The number of benzene rings is 1. The van der Waals surface area contributed by atoms with E-state index in [1.165, 1.54) is 0 Å². The largest absolute Gasteiger partial charge is 0.378 e. The van der Waals surface area contributed by atoms with Gasteiger partial charge in [0.05, 0.1) is 18.8 Å². The highest BCUT2D eigenvalue weighted by Crippen LogP contribution is 2.20. The summed E-state index contributed by atoms with van der Waals surface area (Å²) in [7, 11) is 0. The summed E-state index contributed by atoms with van der Waals surface area (Å²) in [5.74, 6) is 0.575. The van der Waals surface area contributed by atoms with E-state index >= 15 is 0 Å². The Morgan fingerprint density at radius 2 is 2.05 bits per heavy atom. The fourth-order valence-electron chi connectivity index (χ4n) is 2.37. The monoisotopic (exact) mass is 409 g/mol. The Morgan fingerprint density at radius 1 is 1.23 bits per heavy atom. The van der Waals surface area contributed by atoms with Crippen molar-refractivity contribution in [3.8, 4) is 0 Å². The molecule has 2 heterocycles. The van der Waals surface area contributed by atoms with Crippen LogP contribution in [0.1, 0.15) is 10.4 Å². The molecule has 0 saturated carbocycles. The van der Waals surface area contributed by atoms with Crippen molar-refractivity contribution in [1.29, 1.82) is 0 Å². The minimum absolute atomic E-state index is 0.142. The molecular weight excluding hydrogens is 393 g/mol. The number of amides is 1. The molecule has 114 valence electrons. The van der Waals surface area contributed by atoms with Gasteiger partial charge in [0, 0.05) is 28.5 Å². The molecule has 0 unspecified atom stereocenters. The lowest BCUT2D eigenvalue weighted by Gasteiger charge is -2.29. The number of nitrogens with one attached hydrogen (secondary N) is 1. The summed E-state index contributed by atoms with van der Waals surface area (Å²) in [6, 6.07) is 11.3. The molecule has 22 heavy (non-hydrogen) atoms. The number of nitrogens with zero attached hydrogens (tertiary/aromatic N) is 2. The third-order valence-electron chi connectivity index (χ3n) is 3.42. The van der Waals surface area contributed by atoms with Crippen molar-refractivity contribution in [2.24, 2.45) is 0 Å².